The normalized spacial score (nSPS) is 6.12. The lowest BCUT2D eigenvalue weighted by molar-refractivity contribution is 1.65. The topological polar surface area (TPSA) is 78.1 Å². The highest BCUT2D eigenvalue weighted by Gasteiger charge is 1.54. The maximum atomic E-state index is 4.84. The SMILES string of the molecule is CC(N)=S.NC(N)=S. The lowest BCUT2D eigenvalue weighted by atomic mass is 10.8. The van der Waals surface area contributed by atoms with Crippen molar-refractivity contribution < 1.29 is 0 Å². The number of nitrogens with two attached hydrogens (primary N) is 3. The van der Waals surface area contributed by atoms with E-state index in [1.165, 1.54) is 0 Å². The zero-order chi connectivity index (χ0) is 7.15. The third-order valence-corrected chi connectivity index (χ3v) is 0. The lowest BCUT2D eigenvalue weighted by Gasteiger charge is -1.68. The van der Waals surface area contributed by atoms with E-state index in [0.29, 0.717) is 4.99 Å². The summed E-state index contributed by atoms with van der Waals surface area (Å²) in [5.74, 6) is 0. The third-order valence-electron chi connectivity index (χ3n) is 0. The molecule has 0 aromatic rings. The van der Waals surface area contributed by atoms with Gasteiger partial charge >= 0.3 is 0 Å². The van der Waals surface area contributed by atoms with Gasteiger partial charge in [0, 0.05) is 0 Å². The molecule has 0 radical (unpaired) electrons. The molecule has 0 aromatic carbocycles. The van der Waals surface area contributed by atoms with E-state index in [-0.39, 0.29) is 5.11 Å². The van der Waals surface area contributed by atoms with E-state index in [1.807, 2.05) is 0 Å². The van der Waals surface area contributed by atoms with Crippen LogP contribution in [-0.4, -0.2) is 10.1 Å². The van der Waals surface area contributed by atoms with E-state index < -0.39 is 0 Å². The molecule has 0 fully saturated rings. The predicted octanol–water partition coefficient (Wildman–Crippen LogP) is -0.519. The minimum Gasteiger partial charge on any atom is -0.394 e. The van der Waals surface area contributed by atoms with E-state index in [4.69, 9.17) is 5.73 Å². The van der Waals surface area contributed by atoms with E-state index in [1.54, 1.807) is 6.92 Å². The van der Waals surface area contributed by atoms with Crippen LogP contribution in [0.15, 0.2) is 0 Å². The first-order valence-electron chi connectivity index (χ1n) is 1.77. The van der Waals surface area contributed by atoms with E-state index in [9.17, 15) is 0 Å². The summed E-state index contributed by atoms with van der Waals surface area (Å²) in [6.45, 7) is 1.68. The maximum absolute atomic E-state index is 4.84. The second kappa shape index (κ2) is 6.58. The summed E-state index contributed by atoms with van der Waals surface area (Å²) in [5.41, 5.74) is 14.1. The van der Waals surface area contributed by atoms with E-state index in [0.717, 1.165) is 0 Å². The van der Waals surface area contributed by atoms with Gasteiger partial charge in [-0.05, 0) is 19.1 Å². The van der Waals surface area contributed by atoms with Crippen molar-refractivity contribution in [3.05, 3.63) is 0 Å². The van der Waals surface area contributed by atoms with Gasteiger partial charge in [0.1, 0.15) is 0 Å². The summed E-state index contributed by atoms with van der Waals surface area (Å²) >= 11 is 8.41. The van der Waals surface area contributed by atoms with Crippen LogP contribution in [0.5, 0.6) is 0 Å². The van der Waals surface area contributed by atoms with Crippen molar-refractivity contribution in [3.8, 4) is 0 Å². The van der Waals surface area contributed by atoms with Gasteiger partial charge in [-0.25, -0.2) is 0 Å². The zero-order valence-electron chi connectivity index (χ0n) is 4.55. The van der Waals surface area contributed by atoms with Crippen molar-refractivity contribution >= 4 is 34.5 Å². The monoisotopic (exact) mass is 151 g/mol. The highest BCUT2D eigenvalue weighted by atomic mass is 32.1. The van der Waals surface area contributed by atoms with Crippen molar-refractivity contribution in [2.24, 2.45) is 17.2 Å². The number of hydrogen-bond acceptors (Lipinski definition) is 2. The summed E-state index contributed by atoms with van der Waals surface area (Å²) in [7, 11) is 0. The first-order valence-corrected chi connectivity index (χ1v) is 2.59. The molecular formula is C3H9N3S2. The molecule has 0 aliphatic heterocycles. The maximum Gasteiger partial charge on any atom is 0.160 e. The Hall–Kier alpha value is -0.420. The Morgan fingerprint density at radius 1 is 1.12 bits per heavy atom. The Balaban J connectivity index is 0. The van der Waals surface area contributed by atoms with Gasteiger partial charge in [0.25, 0.3) is 0 Å². The lowest BCUT2D eigenvalue weighted by Crippen LogP contribution is -2.18. The van der Waals surface area contributed by atoms with Gasteiger partial charge in [-0.15, -0.1) is 0 Å². The highest BCUT2D eigenvalue weighted by Crippen LogP contribution is 1.48. The third kappa shape index (κ3) is 664. The predicted molar refractivity (Wildman–Crippen MR) is 43.4 cm³/mol. The van der Waals surface area contributed by atoms with Crippen LogP contribution in [0.3, 0.4) is 0 Å². The van der Waals surface area contributed by atoms with Crippen molar-refractivity contribution in [1.82, 2.24) is 0 Å². The van der Waals surface area contributed by atoms with E-state index in [2.05, 4.69) is 35.9 Å². The smallest absolute Gasteiger partial charge is 0.160 e. The summed E-state index contributed by atoms with van der Waals surface area (Å²) in [4.78, 5) is 0.500. The molecule has 48 valence electrons. The number of hydrogen-bond donors (Lipinski definition) is 3. The molecule has 0 aliphatic carbocycles. The minimum absolute atomic E-state index is 0.000000000000000222. The van der Waals surface area contributed by atoms with Gasteiger partial charge in [0.05, 0.1) is 4.99 Å². The molecule has 0 bridgehead atoms. The number of thiocarbonyl (C=S) groups is 2. The van der Waals surface area contributed by atoms with Crippen LogP contribution in [0.2, 0.25) is 0 Å². The molecule has 6 N–H and O–H groups in total. The Labute approximate surface area is 59.2 Å². The fourth-order valence-electron chi connectivity index (χ4n) is 0. The summed E-state index contributed by atoms with van der Waals surface area (Å²) < 4.78 is 0. The molecule has 5 heteroatoms. The summed E-state index contributed by atoms with van der Waals surface area (Å²) in [6, 6.07) is 0. The molecule has 0 aliphatic rings. The molecule has 0 heterocycles. The van der Waals surface area contributed by atoms with Crippen molar-refractivity contribution in [2.75, 3.05) is 0 Å². The average Bonchev–Trinajstić information content (AvgIpc) is 1.25. The van der Waals surface area contributed by atoms with Gasteiger partial charge in [-0.1, -0.05) is 12.2 Å². The summed E-state index contributed by atoms with van der Waals surface area (Å²) in [5, 5.41) is 0.000000000000000222. The van der Waals surface area contributed by atoms with Crippen LogP contribution in [0.4, 0.5) is 0 Å². The molecule has 3 nitrogen and oxygen atoms in total. The van der Waals surface area contributed by atoms with Crippen LogP contribution in [0.25, 0.3) is 0 Å². The molecule has 0 aromatic heterocycles. The van der Waals surface area contributed by atoms with Crippen molar-refractivity contribution in [3.63, 3.8) is 0 Å². The van der Waals surface area contributed by atoms with Crippen LogP contribution in [0.1, 0.15) is 6.92 Å². The Bertz CT molecular complexity index is 70.5. The second-order valence-corrected chi connectivity index (χ2v) is 2.13. The quantitative estimate of drug-likeness (QED) is 0.406. The Kier molecular flexibility index (Phi) is 8.67. The van der Waals surface area contributed by atoms with Gasteiger partial charge in [-0.2, -0.15) is 0 Å². The van der Waals surface area contributed by atoms with Gasteiger partial charge in [-0.3, -0.25) is 0 Å². The number of rotatable bonds is 0. The molecular weight excluding hydrogens is 142 g/mol. The van der Waals surface area contributed by atoms with Gasteiger partial charge < -0.3 is 17.2 Å². The first kappa shape index (κ1) is 10.5. The fraction of sp³-hybridized carbons (Fsp3) is 0.333. The minimum atomic E-state index is 0.000000000000000222. The van der Waals surface area contributed by atoms with Crippen molar-refractivity contribution in [2.45, 2.75) is 6.92 Å². The molecule has 0 rings (SSSR count). The molecule has 0 amide bonds. The summed E-state index contributed by atoms with van der Waals surface area (Å²) in [6.07, 6.45) is 0. The second-order valence-electron chi connectivity index (χ2n) is 1.01. The highest BCUT2D eigenvalue weighted by molar-refractivity contribution is 7.80. The Morgan fingerprint density at radius 2 is 1.12 bits per heavy atom. The van der Waals surface area contributed by atoms with E-state index >= 15 is 0 Å². The average molecular weight is 151 g/mol. The Morgan fingerprint density at radius 3 is 1.12 bits per heavy atom. The molecule has 0 saturated heterocycles. The van der Waals surface area contributed by atoms with Gasteiger partial charge in [0.2, 0.25) is 0 Å². The van der Waals surface area contributed by atoms with Crippen molar-refractivity contribution in [1.29, 1.82) is 0 Å². The van der Waals surface area contributed by atoms with Crippen LogP contribution in [0, 0.1) is 0 Å². The van der Waals surface area contributed by atoms with Gasteiger partial charge in [0.15, 0.2) is 5.11 Å². The zero-order valence-corrected chi connectivity index (χ0v) is 6.18. The first-order chi connectivity index (χ1) is 3.46. The fourth-order valence-corrected chi connectivity index (χ4v) is 0. The van der Waals surface area contributed by atoms with Crippen LogP contribution in [-0.2, 0) is 0 Å². The largest absolute Gasteiger partial charge is 0.394 e. The molecule has 8 heavy (non-hydrogen) atoms. The molecule has 0 unspecified atom stereocenters. The molecule has 0 atom stereocenters. The molecule has 0 spiro atoms. The van der Waals surface area contributed by atoms with Crippen LogP contribution < -0.4 is 17.2 Å². The molecule has 0 saturated carbocycles. The van der Waals surface area contributed by atoms with Crippen LogP contribution >= 0.6 is 24.4 Å². The standard InChI is InChI=1S/C2H5NS.CH4N2S/c1-2(3)4;2-1(3)4/h1H3,(H2,3,4);(H4,2,3,4).